The Morgan fingerprint density at radius 3 is 2.14 bits per heavy atom. The van der Waals surface area contributed by atoms with Gasteiger partial charge in [-0.1, -0.05) is 6.07 Å². The Labute approximate surface area is 208 Å². The first-order valence-corrected chi connectivity index (χ1v) is 14.1. The van der Waals surface area contributed by atoms with E-state index in [1.807, 2.05) is 11.2 Å². The number of benzene rings is 2. The van der Waals surface area contributed by atoms with E-state index in [9.17, 15) is 26.4 Å². The first-order valence-electron chi connectivity index (χ1n) is 11.4. The molecule has 2 aromatic carbocycles. The van der Waals surface area contributed by atoms with Gasteiger partial charge in [-0.05, 0) is 61.6 Å². The van der Waals surface area contributed by atoms with Crippen LogP contribution in [0.1, 0.15) is 18.4 Å². The van der Waals surface area contributed by atoms with Crippen molar-refractivity contribution in [1.29, 1.82) is 0 Å². The number of hydrogen-bond donors (Lipinski definition) is 0. The summed E-state index contributed by atoms with van der Waals surface area (Å²) in [7, 11) is -3.60. The molecule has 0 saturated carbocycles. The minimum atomic E-state index is -4.39. The Bertz CT molecular complexity index is 1140. The third kappa shape index (κ3) is 5.78. The number of rotatable bonds is 5. The fourth-order valence-electron chi connectivity index (χ4n) is 4.56. The third-order valence-corrected chi connectivity index (χ3v) is 9.29. The molecule has 0 atom stereocenters. The van der Waals surface area contributed by atoms with Crippen LogP contribution in [0.25, 0.3) is 0 Å². The van der Waals surface area contributed by atoms with Crippen LogP contribution >= 0.6 is 11.8 Å². The highest BCUT2D eigenvalue weighted by molar-refractivity contribution is 7.98. The van der Waals surface area contributed by atoms with Gasteiger partial charge in [-0.3, -0.25) is 4.79 Å². The molecule has 0 bridgehead atoms. The van der Waals surface area contributed by atoms with Gasteiger partial charge in [0.1, 0.15) is 0 Å². The molecular formula is C24H28F3N3O3S2. The van der Waals surface area contributed by atoms with E-state index in [4.69, 9.17) is 0 Å². The summed E-state index contributed by atoms with van der Waals surface area (Å²) in [5.41, 5.74) is -0.189. The molecule has 0 spiro atoms. The van der Waals surface area contributed by atoms with Crippen molar-refractivity contribution in [3.05, 3.63) is 54.1 Å². The molecule has 4 rings (SSSR count). The lowest BCUT2D eigenvalue weighted by Gasteiger charge is -2.39. The second-order valence-electron chi connectivity index (χ2n) is 8.71. The fourth-order valence-corrected chi connectivity index (χ4v) is 6.44. The van der Waals surface area contributed by atoms with E-state index in [1.165, 1.54) is 10.4 Å². The topological polar surface area (TPSA) is 60.9 Å². The minimum absolute atomic E-state index is 0.00457. The summed E-state index contributed by atoms with van der Waals surface area (Å²) in [6.07, 6.45) is -1.56. The SMILES string of the molecule is CSc1ccc(S(=O)(=O)N2CCC(C(=O)N3CCN(c4cccc(C(F)(F)F)c4)CC3)CC2)cc1. The molecule has 2 aromatic rings. The molecule has 2 fully saturated rings. The molecule has 1 amide bonds. The summed E-state index contributed by atoms with van der Waals surface area (Å²) < 4.78 is 66.5. The molecule has 0 N–H and O–H groups in total. The highest BCUT2D eigenvalue weighted by Gasteiger charge is 2.35. The van der Waals surface area contributed by atoms with Crippen molar-refractivity contribution in [2.75, 3.05) is 50.4 Å². The summed E-state index contributed by atoms with van der Waals surface area (Å²) >= 11 is 1.54. The van der Waals surface area contributed by atoms with Crippen molar-refractivity contribution in [2.45, 2.75) is 28.8 Å². The second-order valence-corrected chi connectivity index (χ2v) is 11.5. The van der Waals surface area contributed by atoms with Gasteiger partial charge in [-0.2, -0.15) is 17.5 Å². The van der Waals surface area contributed by atoms with Gasteiger partial charge in [0, 0.05) is 55.8 Å². The van der Waals surface area contributed by atoms with Crippen LogP contribution in [0.3, 0.4) is 0 Å². The maximum absolute atomic E-state index is 13.1. The van der Waals surface area contributed by atoms with Crippen LogP contribution in [-0.2, 0) is 21.0 Å². The van der Waals surface area contributed by atoms with Gasteiger partial charge in [0.15, 0.2) is 0 Å². The number of amides is 1. The van der Waals surface area contributed by atoms with Gasteiger partial charge in [-0.15, -0.1) is 11.8 Å². The number of carbonyl (C=O) groups is 1. The van der Waals surface area contributed by atoms with E-state index in [-0.39, 0.29) is 29.8 Å². The summed E-state index contributed by atoms with van der Waals surface area (Å²) in [6, 6.07) is 12.0. The lowest BCUT2D eigenvalue weighted by atomic mass is 9.96. The molecule has 2 aliphatic rings. The highest BCUT2D eigenvalue weighted by atomic mass is 32.2. The molecule has 35 heavy (non-hydrogen) atoms. The summed E-state index contributed by atoms with van der Waals surface area (Å²) in [5.74, 6) is -0.254. The van der Waals surface area contributed by atoms with E-state index in [0.717, 1.165) is 17.0 Å². The maximum Gasteiger partial charge on any atom is 0.416 e. The Balaban J connectivity index is 1.31. The van der Waals surface area contributed by atoms with Crippen LogP contribution in [0.2, 0.25) is 0 Å². The molecule has 0 aliphatic carbocycles. The molecule has 0 radical (unpaired) electrons. The Morgan fingerprint density at radius 1 is 0.943 bits per heavy atom. The average Bonchev–Trinajstić information content (AvgIpc) is 2.88. The second kappa shape index (κ2) is 10.4. The van der Waals surface area contributed by atoms with Gasteiger partial charge in [0.2, 0.25) is 15.9 Å². The van der Waals surface area contributed by atoms with Crippen molar-refractivity contribution in [1.82, 2.24) is 9.21 Å². The number of piperidine rings is 1. The van der Waals surface area contributed by atoms with Crippen LogP contribution in [0, 0.1) is 5.92 Å². The molecule has 0 unspecified atom stereocenters. The van der Waals surface area contributed by atoms with Gasteiger partial charge >= 0.3 is 6.18 Å². The van der Waals surface area contributed by atoms with Crippen molar-refractivity contribution in [3.63, 3.8) is 0 Å². The first kappa shape index (κ1) is 25.8. The fraction of sp³-hybridized carbons (Fsp3) is 0.458. The predicted octanol–water partition coefficient (Wildman–Crippen LogP) is 4.18. The zero-order valence-electron chi connectivity index (χ0n) is 19.4. The van der Waals surface area contributed by atoms with E-state index in [0.29, 0.717) is 44.7 Å². The third-order valence-electron chi connectivity index (χ3n) is 6.63. The standard InChI is InChI=1S/C24H28F3N3O3S2/c1-34-21-5-7-22(8-6-21)35(32,33)30-11-9-18(10-12-30)23(31)29-15-13-28(14-16-29)20-4-2-3-19(17-20)24(25,26)27/h2-8,17-18H,9-16H2,1H3. The minimum Gasteiger partial charge on any atom is -0.368 e. The molecule has 2 saturated heterocycles. The van der Waals surface area contributed by atoms with E-state index >= 15 is 0 Å². The van der Waals surface area contributed by atoms with Gasteiger partial charge in [0.25, 0.3) is 0 Å². The number of thioether (sulfide) groups is 1. The van der Waals surface area contributed by atoms with Gasteiger partial charge in [-0.25, -0.2) is 8.42 Å². The number of alkyl halides is 3. The molecule has 190 valence electrons. The zero-order valence-corrected chi connectivity index (χ0v) is 21.0. The van der Waals surface area contributed by atoms with Crippen molar-refractivity contribution in [3.8, 4) is 0 Å². The summed E-state index contributed by atoms with van der Waals surface area (Å²) in [4.78, 5) is 17.9. The average molecular weight is 528 g/mol. The Hall–Kier alpha value is -2.24. The van der Waals surface area contributed by atoms with Gasteiger partial charge in [0.05, 0.1) is 10.5 Å². The van der Waals surface area contributed by atoms with Crippen molar-refractivity contribution < 1.29 is 26.4 Å². The molecular weight excluding hydrogens is 499 g/mol. The number of hydrogen-bond acceptors (Lipinski definition) is 5. The quantitative estimate of drug-likeness (QED) is 0.546. The van der Waals surface area contributed by atoms with Crippen molar-refractivity contribution in [2.24, 2.45) is 5.92 Å². The smallest absolute Gasteiger partial charge is 0.368 e. The van der Waals surface area contributed by atoms with Crippen LogP contribution in [0.4, 0.5) is 18.9 Å². The van der Waals surface area contributed by atoms with E-state index in [1.54, 1.807) is 47.0 Å². The Kier molecular flexibility index (Phi) is 7.68. The molecule has 11 heteroatoms. The Morgan fingerprint density at radius 2 is 1.57 bits per heavy atom. The van der Waals surface area contributed by atoms with Crippen LogP contribution in [-0.4, -0.2) is 69.1 Å². The summed E-state index contributed by atoms with van der Waals surface area (Å²) in [5, 5.41) is 0. The lowest BCUT2D eigenvalue weighted by molar-refractivity contribution is -0.137. The number of carbonyl (C=O) groups excluding carboxylic acids is 1. The van der Waals surface area contributed by atoms with Crippen LogP contribution < -0.4 is 4.90 Å². The van der Waals surface area contributed by atoms with E-state index in [2.05, 4.69) is 0 Å². The highest BCUT2D eigenvalue weighted by Crippen LogP contribution is 2.32. The number of anilines is 1. The first-order chi connectivity index (χ1) is 16.6. The zero-order chi connectivity index (χ0) is 25.2. The lowest BCUT2D eigenvalue weighted by Crippen LogP contribution is -2.52. The molecule has 6 nitrogen and oxygen atoms in total. The number of halogens is 3. The number of sulfonamides is 1. The predicted molar refractivity (Wildman–Crippen MR) is 130 cm³/mol. The normalized spacial score (nSPS) is 18.6. The number of piperazine rings is 1. The number of nitrogens with zero attached hydrogens (tertiary/aromatic N) is 3. The molecule has 0 aromatic heterocycles. The molecule has 2 heterocycles. The monoisotopic (exact) mass is 527 g/mol. The van der Waals surface area contributed by atoms with E-state index < -0.39 is 21.8 Å². The summed E-state index contributed by atoms with van der Waals surface area (Å²) in [6.45, 7) is 2.32. The van der Waals surface area contributed by atoms with Crippen LogP contribution in [0.5, 0.6) is 0 Å². The maximum atomic E-state index is 13.1. The van der Waals surface area contributed by atoms with Crippen molar-refractivity contribution >= 4 is 33.4 Å². The van der Waals surface area contributed by atoms with Gasteiger partial charge < -0.3 is 9.80 Å². The molecule has 2 aliphatic heterocycles. The largest absolute Gasteiger partial charge is 0.416 e. The van der Waals surface area contributed by atoms with Crippen LogP contribution in [0.15, 0.2) is 58.3 Å².